The molecule has 0 radical (unpaired) electrons. The van der Waals surface area contributed by atoms with Gasteiger partial charge in [0.25, 0.3) is 0 Å². The van der Waals surface area contributed by atoms with Crippen molar-refractivity contribution in [2.45, 2.75) is 58.2 Å². The standard InChI is InChI=1S/C18H28N2/c1-14(2)17-8-6-16(7-9-17)13-20-12-11-19-10-4-5-18(19)15(20)3/h6-9,14-15,18H,4-5,10-13H2,1-3H3/p+2/t15-,18-/m1/s1. The Morgan fingerprint density at radius 1 is 1.10 bits per heavy atom. The van der Waals surface area contributed by atoms with Gasteiger partial charge >= 0.3 is 0 Å². The average molecular weight is 274 g/mol. The van der Waals surface area contributed by atoms with Gasteiger partial charge in [-0.1, -0.05) is 38.1 Å². The van der Waals surface area contributed by atoms with Gasteiger partial charge in [0.05, 0.1) is 6.54 Å². The van der Waals surface area contributed by atoms with Crippen molar-refractivity contribution in [1.29, 1.82) is 0 Å². The summed E-state index contributed by atoms with van der Waals surface area (Å²) >= 11 is 0. The molecule has 0 amide bonds. The molecule has 3 rings (SSSR count). The second-order valence-corrected chi connectivity index (χ2v) is 7.18. The van der Waals surface area contributed by atoms with Crippen molar-refractivity contribution in [1.82, 2.24) is 0 Å². The fraction of sp³-hybridized carbons (Fsp3) is 0.667. The minimum atomic E-state index is 0.640. The maximum atomic E-state index is 2.48. The molecule has 4 atom stereocenters. The molecule has 2 fully saturated rings. The number of piperazine rings is 1. The summed E-state index contributed by atoms with van der Waals surface area (Å²) in [5.41, 5.74) is 2.97. The Labute approximate surface area is 123 Å². The highest BCUT2D eigenvalue weighted by Crippen LogP contribution is 2.14. The lowest BCUT2D eigenvalue weighted by Gasteiger charge is -2.37. The van der Waals surface area contributed by atoms with Crippen molar-refractivity contribution in [3.8, 4) is 0 Å². The molecule has 2 saturated heterocycles. The lowest BCUT2D eigenvalue weighted by molar-refractivity contribution is -1.05. The van der Waals surface area contributed by atoms with Crippen LogP contribution in [0.5, 0.6) is 0 Å². The van der Waals surface area contributed by atoms with Crippen LogP contribution in [-0.4, -0.2) is 31.7 Å². The highest BCUT2D eigenvalue weighted by molar-refractivity contribution is 5.24. The molecule has 0 spiro atoms. The number of hydrogen-bond donors (Lipinski definition) is 2. The third kappa shape index (κ3) is 2.77. The molecule has 2 N–H and O–H groups in total. The molecule has 1 aromatic carbocycles. The fourth-order valence-corrected chi connectivity index (χ4v) is 4.22. The van der Waals surface area contributed by atoms with Crippen LogP contribution in [0.15, 0.2) is 24.3 Å². The molecule has 0 aromatic heterocycles. The maximum absolute atomic E-state index is 2.48. The van der Waals surface area contributed by atoms with Crippen LogP contribution < -0.4 is 9.80 Å². The second kappa shape index (κ2) is 5.87. The maximum Gasteiger partial charge on any atom is 0.140 e. The minimum Gasteiger partial charge on any atom is -0.323 e. The summed E-state index contributed by atoms with van der Waals surface area (Å²) in [5, 5.41) is 0. The molecule has 0 saturated carbocycles. The summed E-state index contributed by atoms with van der Waals surface area (Å²) in [5.74, 6) is 0.640. The Kier molecular flexibility index (Phi) is 4.13. The molecule has 2 aliphatic heterocycles. The molecule has 0 bridgehead atoms. The van der Waals surface area contributed by atoms with Crippen LogP contribution in [0.25, 0.3) is 0 Å². The zero-order chi connectivity index (χ0) is 14.1. The summed E-state index contributed by atoms with van der Waals surface area (Å²) in [6.07, 6.45) is 2.90. The van der Waals surface area contributed by atoms with Crippen LogP contribution in [0.1, 0.15) is 50.7 Å². The Hall–Kier alpha value is -0.860. The topological polar surface area (TPSA) is 8.88 Å². The van der Waals surface area contributed by atoms with Crippen LogP contribution in [-0.2, 0) is 6.54 Å². The van der Waals surface area contributed by atoms with Crippen LogP contribution in [0, 0.1) is 0 Å². The highest BCUT2D eigenvalue weighted by Gasteiger charge is 2.42. The summed E-state index contributed by atoms with van der Waals surface area (Å²) in [7, 11) is 0. The van der Waals surface area contributed by atoms with Gasteiger partial charge < -0.3 is 9.80 Å². The largest absolute Gasteiger partial charge is 0.323 e. The van der Waals surface area contributed by atoms with Gasteiger partial charge in [-0.2, -0.15) is 0 Å². The predicted octanol–water partition coefficient (Wildman–Crippen LogP) is 0.644. The first-order chi connectivity index (χ1) is 9.65. The van der Waals surface area contributed by atoms with E-state index in [0.29, 0.717) is 5.92 Å². The van der Waals surface area contributed by atoms with Gasteiger partial charge in [-0.3, -0.25) is 0 Å². The Balaban J connectivity index is 1.65. The monoisotopic (exact) mass is 274 g/mol. The third-order valence-electron chi connectivity index (χ3n) is 5.63. The molecule has 20 heavy (non-hydrogen) atoms. The molecule has 110 valence electrons. The molecule has 2 aliphatic rings. The van der Waals surface area contributed by atoms with Gasteiger partial charge in [0.1, 0.15) is 31.7 Å². The summed E-state index contributed by atoms with van der Waals surface area (Å²) in [6, 6.07) is 11.1. The van der Waals surface area contributed by atoms with Gasteiger partial charge in [-0.15, -0.1) is 0 Å². The van der Waals surface area contributed by atoms with Crippen molar-refractivity contribution >= 4 is 0 Å². The van der Waals surface area contributed by atoms with Crippen LogP contribution >= 0.6 is 0 Å². The quantitative estimate of drug-likeness (QED) is 0.801. The average Bonchev–Trinajstić information content (AvgIpc) is 2.92. The number of quaternary nitrogens is 2. The predicted molar refractivity (Wildman–Crippen MR) is 83.2 cm³/mol. The molecule has 1 aromatic rings. The molecule has 2 nitrogen and oxygen atoms in total. The first-order valence-electron chi connectivity index (χ1n) is 8.43. The number of nitrogens with one attached hydrogen (secondary N) is 2. The zero-order valence-electron chi connectivity index (χ0n) is 13.3. The molecular formula is C18H30N2+2. The van der Waals surface area contributed by atoms with Gasteiger partial charge in [0.2, 0.25) is 0 Å². The van der Waals surface area contributed by atoms with Crippen molar-refractivity contribution in [2.75, 3.05) is 19.6 Å². The van der Waals surface area contributed by atoms with Gasteiger partial charge in [0, 0.05) is 18.4 Å². The van der Waals surface area contributed by atoms with E-state index in [9.17, 15) is 0 Å². The van der Waals surface area contributed by atoms with E-state index in [-0.39, 0.29) is 0 Å². The molecule has 2 unspecified atom stereocenters. The van der Waals surface area contributed by atoms with Crippen LogP contribution in [0.4, 0.5) is 0 Å². The Morgan fingerprint density at radius 3 is 2.55 bits per heavy atom. The lowest BCUT2D eigenvalue weighted by atomic mass is 10.00. The Morgan fingerprint density at radius 2 is 1.85 bits per heavy atom. The van der Waals surface area contributed by atoms with Crippen molar-refractivity contribution < 1.29 is 9.80 Å². The van der Waals surface area contributed by atoms with Gasteiger partial charge in [-0.25, -0.2) is 0 Å². The number of rotatable bonds is 3. The van der Waals surface area contributed by atoms with E-state index in [1.807, 2.05) is 4.90 Å². The third-order valence-corrected chi connectivity index (χ3v) is 5.63. The van der Waals surface area contributed by atoms with E-state index in [1.165, 1.54) is 50.1 Å². The van der Waals surface area contributed by atoms with E-state index >= 15 is 0 Å². The van der Waals surface area contributed by atoms with E-state index in [0.717, 1.165) is 12.1 Å². The smallest absolute Gasteiger partial charge is 0.140 e. The zero-order valence-corrected chi connectivity index (χ0v) is 13.3. The van der Waals surface area contributed by atoms with E-state index in [4.69, 9.17) is 0 Å². The second-order valence-electron chi connectivity index (χ2n) is 7.18. The lowest BCUT2D eigenvalue weighted by Crippen LogP contribution is -3.31. The summed E-state index contributed by atoms with van der Waals surface area (Å²) < 4.78 is 0. The fourth-order valence-electron chi connectivity index (χ4n) is 4.22. The van der Waals surface area contributed by atoms with Gasteiger partial charge in [-0.05, 0) is 18.4 Å². The summed E-state index contributed by atoms with van der Waals surface area (Å²) in [6.45, 7) is 12.4. The van der Waals surface area contributed by atoms with Crippen LogP contribution in [0.2, 0.25) is 0 Å². The van der Waals surface area contributed by atoms with Crippen molar-refractivity contribution in [3.05, 3.63) is 35.4 Å². The normalized spacial score (nSPS) is 33.4. The SMILES string of the molecule is CC(C)c1ccc(C[NH+]2CC[NH+]3CCC[C@@H]3[C@H]2C)cc1. The molecule has 0 aliphatic carbocycles. The Bertz CT molecular complexity index is 437. The van der Waals surface area contributed by atoms with Gasteiger partial charge in [0.15, 0.2) is 0 Å². The highest BCUT2D eigenvalue weighted by atomic mass is 15.3. The van der Waals surface area contributed by atoms with Crippen LogP contribution in [0.3, 0.4) is 0 Å². The number of fused-ring (bicyclic) bond motifs is 1. The molecular weight excluding hydrogens is 244 g/mol. The van der Waals surface area contributed by atoms with Crippen molar-refractivity contribution in [2.24, 2.45) is 0 Å². The van der Waals surface area contributed by atoms with E-state index < -0.39 is 0 Å². The first-order valence-corrected chi connectivity index (χ1v) is 8.43. The van der Waals surface area contributed by atoms with E-state index in [2.05, 4.69) is 45.0 Å². The molecule has 2 heterocycles. The first kappa shape index (κ1) is 14.1. The van der Waals surface area contributed by atoms with Crippen molar-refractivity contribution in [3.63, 3.8) is 0 Å². The number of hydrogen-bond acceptors (Lipinski definition) is 0. The van der Waals surface area contributed by atoms with E-state index in [1.54, 1.807) is 4.90 Å². The minimum absolute atomic E-state index is 0.640. The summed E-state index contributed by atoms with van der Waals surface area (Å²) in [4.78, 5) is 3.69. The number of benzene rings is 1. The molecule has 2 heteroatoms.